The standard InChI is InChI=1S/C12H13N3O5/c1-2-14-7-8(12-18-5-6-19-12)11(13-14)9-3-4-10(20-9)15(16)17/h3-4,7,12H,2,5-6H2,1H3. The van der Waals surface area contributed by atoms with Gasteiger partial charge >= 0.3 is 5.88 Å². The van der Waals surface area contributed by atoms with Gasteiger partial charge in [-0.3, -0.25) is 14.8 Å². The van der Waals surface area contributed by atoms with Gasteiger partial charge in [-0.1, -0.05) is 0 Å². The van der Waals surface area contributed by atoms with E-state index in [0.717, 1.165) is 0 Å². The fourth-order valence-corrected chi connectivity index (χ4v) is 2.05. The Morgan fingerprint density at radius 2 is 2.20 bits per heavy atom. The third-order valence-electron chi connectivity index (χ3n) is 2.99. The van der Waals surface area contributed by atoms with Crippen molar-refractivity contribution in [3.05, 3.63) is 34.0 Å². The molecular formula is C12H13N3O5. The molecule has 2 aromatic rings. The van der Waals surface area contributed by atoms with Crippen LogP contribution in [0.4, 0.5) is 5.88 Å². The monoisotopic (exact) mass is 279 g/mol. The molecule has 0 N–H and O–H groups in total. The number of nitro groups is 1. The van der Waals surface area contributed by atoms with Crippen LogP contribution >= 0.6 is 0 Å². The third kappa shape index (κ3) is 2.19. The van der Waals surface area contributed by atoms with Gasteiger partial charge < -0.3 is 13.9 Å². The average molecular weight is 279 g/mol. The summed E-state index contributed by atoms with van der Waals surface area (Å²) in [6, 6.07) is 2.83. The zero-order chi connectivity index (χ0) is 14.1. The maximum absolute atomic E-state index is 10.7. The Labute approximate surface area is 114 Å². The quantitative estimate of drug-likeness (QED) is 0.628. The summed E-state index contributed by atoms with van der Waals surface area (Å²) >= 11 is 0. The van der Waals surface area contributed by atoms with Crippen LogP contribution in [0.15, 0.2) is 22.7 Å². The van der Waals surface area contributed by atoms with Crippen molar-refractivity contribution in [2.75, 3.05) is 13.2 Å². The van der Waals surface area contributed by atoms with E-state index in [0.29, 0.717) is 36.8 Å². The lowest BCUT2D eigenvalue weighted by Gasteiger charge is -2.07. The number of hydrogen-bond donors (Lipinski definition) is 0. The van der Waals surface area contributed by atoms with Gasteiger partial charge in [-0.05, 0) is 13.0 Å². The van der Waals surface area contributed by atoms with E-state index in [1.165, 1.54) is 12.1 Å². The van der Waals surface area contributed by atoms with E-state index in [9.17, 15) is 10.1 Å². The van der Waals surface area contributed by atoms with Crippen LogP contribution < -0.4 is 0 Å². The largest absolute Gasteiger partial charge is 0.433 e. The summed E-state index contributed by atoms with van der Waals surface area (Å²) in [7, 11) is 0. The minimum Gasteiger partial charge on any atom is -0.399 e. The fraction of sp³-hybridized carbons (Fsp3) is 0.417. The van der Waals surface area contributed by atoms with Crippen molar-refractivity contribution in [3.63, 3.8) is 0 Å². The second kappa shape index (κ2) is 5.06. The van der Waals surface area contributed by atoms with Crippen LogP contribution in [0, 0.1) is 10.1 Å². The summed E-state index contributed by atoms with van der Waals surface area (Å²) in [5, 5.41) is 15.0. The van der Waals surface area contributed by atoms with E-state index in [1.54, 1.807) is 10.9 Å². The molecule has 106 valence electrons. The van der Waals surface area contributed by atoms with Gasteiger partial charge in [-0.25, -0.2) is 0 Å². The average Bonchev–Trinajstić information content (AvgIpc) is 3.17. The summed E-state index contributed by atoms with van der Waals surface area (Å²) in [5.74, 6) is 0.0169. The number of aryl methyl sites for hydroxylation is 1. The third-order valence-corrected chi connectivity index (χ3v) is 2.99. The van der Waals surface area contributed by atoms with Gasteiger partial charge in [0.15, 0.2) is 12.1 Å². The predicted octanol–water partition coefficient (Wildman–Crippen LogP) is 2.12. The SMILES string of the molecule is CCn1cc(C2OCCO2)c(-c2ccc([N+](=O)[O-])o2)n1. The molecule has 0 unspecified atom stereocenters. The van der Waals surface area contributed by atoms with Crippen molar-refractivity contribution in [2.24, 2.45) is 0 Å². The van der Waals surface area contributed by atoms with Gasteiger partial charge in [0.1, 0.15) is 10.6 Å². The van der Waals surface area contributed by atoms with Gasteiger partial charge in [-0.2, -0.15) is 5.10 Å². The second-order valence-electron chi connectivity index (χ2n) is 4.26. The topological polar surface area (TPSA) is 92.6 Å². The number of rotatable bonds is 4. The molecule has 0 spiro atoms. The molecule has 20 heavy (non-hydrogen) atoms. The molecule has 1 fully saturated rings. The zero-order valence-electron chi connectivity index (χ0n) is 10.8. The Balaban J connectivity index is 2.01. The van der Waals surface area contributed by atoms with E-state index in [1.807, 2.05) is 6.92 Å². The lowest BCUT2D eigenvalue weighted by atomic mass is 10.2. The van der Waals surface area contributed by atoms with E-state index in [-0.39, 0.29) is 5.88 Å². The van der Waals surface area contributed by atoms with Crippen LogP contribution in [0.1, 0.15) is 18.8 Å². The molecular weight excluding hydrogens is 266 g/mol. The summed E-state index contributed by atoms with van der Waals surface area (Å²) in [6.07, 6.45) is 1.30. The molecule has 0 aliphatic carbocycles. The number of aromatic nitrogens is 2. The predicted molar refractivity (Wildman–Crippen MR) is 66.9 cm³/mol. The lowest BCUT2D eigenvalue weighted by molar-refractivity contribution is -0.401. The number of furan rings is 1. The number of ether oxygens (including phenoxy) is 2. The van der Waals surface area contributed by atoms with Crippen molar-refractivity contribution in [2.45, 2.75) is 19.8 Å². The van der Waals surface area contributed by atoms with Crippen molar-refractivity contribution in [1.82, 2.24) is 9.78 Å². The molecule has 2 aromatic heterocycles. The van der Waals surface area contributed by atoms with E-state index >= 15 is 0 Å². The Morgan fingerprint density at radius 1 is 1.45 bits per heavy atom. The highest BCUT2D eigenvalue weighted by Crippen LogP contribution is 2.34. The molecule has 1 aliphatic rings. The van der Waals surface area contributed by atoms with E-state index in [4.69, 9.17) is 13.9 Å². The first-order valence-corrected chi connectivity index (χ1v) is 6.24. The molecule has 0 aromatic carbocycles. The second-order valence-corrected chi connectivity index (χ2v) is 4.26. The Hall–Kier alpha value is -2.19. The maximum Gasteiger partial charge on any atom is 0.433 e. The van der Waals surface area contributed by atoms with E-state index < -0.39 is 11.2 Å². The summed E-state index contributed by atoms with van der Waals surface area (Å²) < 4.78 is 17.8. The lowest BCUT2D eigenvalue weighted by Crippen LogP contribution is -1.98. The van der Waals surface area contributed by atoms with Gasteiger partial charge in [0.05, 0.1) is 24.8 Å². The van der Waals surface area contributed by atoms with Crippen LogP contribution in [-0.2, 0) is 16.0 Å². The molecule has 0 radical (unpaired) electrons. The molecule has 0 saturated carbocycles. The first-order chi connectivity index (χ1) is 9.69. The molecule has 0 amide bonds. The first-order valence-electron chi connectivity index (χ1n) is 6.24. The molecule has 0 bridgehead atoms. The van der Waals surface area contributed by atoms with Crippen molar-refractivity contribution in [1.29, 1.82) is 0 Å². The zero-order valence-corrected chi connectivity index (χ0v) is 10.8. The molecule has 3 heterocycles. The summed E-state index contributed by atoms with van der Waals surface area (Å²) in [6.45, 7) is 3.64. The smallest absolute Gasteiger partial charge is 0.399 e. The highest BCUT2D eigenvalue weighted by Gasteiger charge is 2.27. The molecule has 8 nitrogen and oxygen atoms in total. The molecule has 3 rings (SSSR count). The normalized spacial score (nSPS) is 15.8. The maximum atomic E-state index is 10.7. The fourth-order valence-electron chi connectivity index (χ4n) is 2.05. The van der Waals surface area contributed by atoms with Crippen LogP contribution in [0.25, 0.3) is 11.5 Å². The minimum absolute atomic E-state index is 0.315. The van der Waals surface area contributed by atoms with Crippen LogP contribution in [0.2, 0.25) is 0 Å². The summed E-state index contributed by atoms with van der Waals surface area (Å²) in [5.41, 5.74) is 1.22. The van der Waals surface area contributed by atoms with Gasteiger partial charge in [0.25, 0.3) is 0 Å². The van der Waals surface area contributed by atoms with Gasteiger partial charge in [-0.15, -0.1) is 0 Å². The van der Waals surface area contributed by atoms with Gasteiger partial charge in [0, 0.05) is 12.7 Å². The van der Waals surface area contributed by atoms with Crippen LogP contribution in [0.3, 0.4) is 0 Å². The van der Waals surface area contributed by atoms with E-state index in [2.05, 4.69) is 5.10 Å². The Bertz CT molecular complexity index is 627. The first kappa shape index (κ1) is 12.8. The number of nitrogens with zero attached hydrogens (tertiary/aromatic N) is 3. The summed E-state index contributed by atoms with van der Waals surface area (Å²) in [4.78, 5) is 10.1. The molecule has 1 aliphatic heterocycles. The Morgan fingerprint density at radius 3 is 2.80 bits per heavy atom. The molecule has 1 saturated heterocycles. The van der Waals surface area contributed by atoms with Crippen LogP contribution in [-0.4, -0.2) is 27.9 Å². The highest BCUT2D eigenvalue weighted by molar-refractivity contribution is 5.58. The van der Waals surface area contributed by atoms with Crippen molar-refractivity contribution >= 4 is 5.88 Å². The highest BCUT2D eigenvalue weighted by atomic mass is 16.7. The Kier molecular flexibility index (Phi) is 3.25. The van der Waals surface area contributed by atoms with Crippen molar-refractivity contribution in [3.8, 4) is 11.5 Å². The number of hydrogen-bond acceptors (Lipinski definition) is 6. The molecule has 0 atom stereocenters. The van der Waals surface area contributed by atoms with Crippen molar-refractivity contribution < 1.29 is 18.8 Å². The molecule has 8 heteroatoms. The van der Waals surface area contributed by atoms with Gasteiger partial charge in [0.2, 0.25) is 0 Å². The minimum atomic E-state index is -0.581. The van der Waals surface area contributed by atoms with Crippen LogP contribution in [0.5, 0.6) is 0 Å².